The first-order valence-electron chi connectivity index (χ1n) is 7.90. The lowest BCUT2D eigenvalue weighted by Gasteiger charge is -2.23. The predicted molar refractivity (Wildman–Crippen MR) is 77.6 cm³/mol. The number of nitrogens with one attached hydrogen (secondary N) is 1. The Bertz CT molecular complexity index is 184. The van der Waals surface area contributed by atoms with Crippen LogP contribution in [-0.4, -0.2) is 52.2 Å². The van der Waals surface area contributed by atoms with Gasteiger partial charge in [-0.05, 0) is 32.2 Å². The van der Waals surface area contributed by atoms with Crippen LogP contribution >= 0.6 is 0 Å². The molecule has 0 radical (unpaired) electrons. The summed E-state index contributed by atoms with van der Waals surface area (Å²) in [5, 5.41) is 3.53. The highest BCUT2D eigenvalue weighted by molar-refractivity contribution is 4.71. The van der Waals surface area contributed by atoms with Crippen LogP contribution in [0.4, 0.5) is 0 Å². The second-order valence-electron chi connectivity index (χ2n) is 5.13. The Hall–Kier alpha value is -0.160. The van der Waals surface area contributed by atoms with Gasteiger partial charge >= 0.3 is 0 Å². The van der Waals surface area contributed by atoms with E-state index in [0.717, 1.165) is 26.1 Å². The molecule has 4 heteroatoms. The summed E-state index contributed by atoms with van der Waals surface area (Å²) in [7, 11) is 0. The molecule has 114 valence electrons. The number of piperidine rings is 1. The molecule has 4 nitrogen and oxygen atoms in total. The molecular formula is C15H31NO3. The zero-order valence-electron chi connectivity index (χ0n) is 12.5. The Balaban J connectivity index is 1.71. The number of ether oxygens (including phenoxy) is 3. The number of unbranched alkanes of at least 4 members (excludes halogenated alkanes) is 1. The fraction of sp³-hybridized carbons (Fsp3) is 1.00. The number of hydrogen-bond donors (Lipinski definition) is 1. The molecule has 0 aromatic carbocycles. The zero-order valence-corrected chi connectivity index (χ0v) is 12.5. The van der Waals surface area contributed by atoms with E-state index in [1.54, 1.807) is 0 Å². The standard InChI is InChI=1S/C15H31NO3/c1-2-3-9-17-11-13-19-14-12-18-10-7-15-6-4-5-8-16-15/h15-16H,2-14H2,1H3. The molecule has 1 fully saturated rings. The summed E-state index contributed by atoms with van der Waals surface area (Å²) in [5.41, 5.74) is 0. The van der Waals surface area contributed by atoms with Crippen molar-refractivity contribution in [3.05, 3.63) is 0 Å². The summed E-state index contributed by atoms with van der Waals surface area (Å²) in [4.78, 5) is 0. The van der Waals surface area contributed by atoms with Crippen molar-refractivity contribution in [2.24, 2.45) is 0 Å². The monoisotopic (exact) mass is 273 g/mol. The molecule has 0 amide bonds. The van der Waals surface area contributed by atoms with Crippen molar-refractivity contribution in [2.45, 2.75) is 51.5 Å². The molecule has 1 heterocycles. The van der Waals surface area contributed by atoms with Crippen LogP contribution in [0.1, 0.15) is 45.4 Å². The van der Waals surface area contributed by atoms with Gasteiger partial charge in [0.1, 0.15) is 0 Å². The minimum atomic E-state index is 0.668. The summed E-state index contributed by atoms with van der Waals surface area (Å²) in [6.07, 6.45) is 7.43. The van der Waals surface area contributed by atoms with Gasteiger partial charge < -0.3 is 19.5 Å². The zero-order chi connectivity index (χ0) is 13.6. The van der Waals surface area contributed by atoms with Crippen LogP contribution in [0.15, 0.2) is 0 Å². The molecule has 0 spiro atoms. The third-order valence-electron chi connectivity index (χ3n) is 3.41. The molecule has 1 saturated heterocycles. The minimum Gasteiger partial charge on any atom is -0.379 e. The predicted octanol–water partition coefficient (Wildman–Crippen LogP) is 2.37. The van der Waals surface area contributed by atoms with Crippen molar-refractivity contribution in [3.63, 3.8) is 0 Å². The second-order valence-corrected chi connectivity index (χ2v) is 5.13. The molecule has 1 rings (SSSR count). The normalized spacial score (nSPS) is 19.7. The van der Waals surface area contributed by atoms with Gasteiger partial charge in [0.2, 0.25) is 0 Å². The maximum Gasteiger partial charge on any atom is 0.0701 e. The lowest BCUT2D eigenvalue weighted by molar-refractivity contribution is 0.0122. The minimum absolute atomic E-state index is 0.668. The Labute approximate surface area is 118 Å². The highest BCUT2D eigenvalue weighted by Gasteiger charge is 2.11. The third kappa shape index (κ3) is 10.3. The van der Waals surface area contributed by atoms with E-state index in [-0.39, 0.29) is 0 Å². The third-order valence-corrected chi connectivity index (χ3v) is 3.41. The van der Waals surface area contributed by atoms with Gasteiger partial charge in [-0.3, -0.25) is 0 Å². The average molecular weight is 273 g/mol. The highest BCUT2D eigenvalue weighted by Crippen LogP contribution is 2.09. The van der Waals surface area contributed by atoms with Gasteiger partial charge in [0.15, 0.2) is 0 Å². The van der Waals surface area contributed by atoms with E-state index in [2.05, 4.69) is 12.2 Å². The van der Waals surface area contributed by atoms with Gasteiger partial charge in [0.25, 0.3) is 0 Å². The van der Waals surface area contributed by atoms with E-state index < -0.39 is 0 Å². The van der Waals surface area contributed by atoms with Gasteiger partial charge in [0, 0.05) is 19.3 Å². The quantitative estimate of drug-likeness (QED) is 0.554. The van der Waals surface area contributed by atoms with E-state index in [1.807, 2.05) is 0 Å². The van der Waals surface area contributed by atoms with E-state index in [4.69, 9.17) is 14.2 Å². The Morgan fingerprint density at radius 3 is 2.21 bits per heavy atom. The van der Waals surface area contributed by atoms with E-state index in [1.165, 1.54) is 32.2 Å². The first-order chi connectivity index (χ1) is 9.43. The fourth-order valence-corrected chi connectivity index (χ4v) is 2.18. The maximum atomic E-state index is 5.58. The lowest BCUT2D eigenvalue weighted by atomic mass is 10.0. The molecule has 19 heavy (non-hydrogen) atoms. The van der Waals surface area contributed by atoms with Crippen molar-refractivity contribution in [3.8, 4) is 0 Å². The number of hydrogen-bond acceptors (Lipinski definition) is 4. The Morgan fingerprint density at radius 1 is 0.895 bits per heavy atom. The van der Waals surface area contributed by atoms with Gasteiger partial charge in [0.05, 0.1) is 26.4 Å². The summed E-state index contributed by atoms with van der Waals surface area (Å²) in [6.45, 7) is 7.78. The van der Waals surface area contributed by atoms with Crippen LogP contribution in [0.3, 0.4) is 0 Å². The average Bonchev–Trinajstić information content (AvgIpc) is 2.46. The van der Waals surface area contributed by atoms with Gasteiger partial charge in [-0.1, -0.05) is 19.8 Å². The van der Waals surface area contributed by atoms with Crippen molar-refractivity contribution in [2.75, 3.05) is 46.2 Å². The van der Waals surface area contributed by atoms with Crippen LogP contribution in [0.5, 0.6) is 0 Å². The van der Waals surface area contributed by atoms with Gasteiger partial charge in [-0.2, -0.15) is 0 Å². The molecular weight excluding hydrogens is 242 g/mol. The van der Waals surface area contributed by atoms with E-state index in [9.17, 15) is 0 Å². The molecule has 1 aliphatic heterocycles. The fourth-order valence-electron chi connectivity index (χ4n) is 2.18. The van der Waals surface area contributed by atoms with Gasteiger partial charge in [-0.15, -0.1) is 0 Å². The van der Waals surface area contributed by atoms with E-state index in [0.29, 0.717) is 32.5 Å². The first-order valence-corrected chi connectivity index (χ1v) is 7.90. The van der Waals surface area contributed by atoms with Crippen molar-refractivity contribution in [1.29, 1.82) is 0 Å². The molecule has 0 aromatic heterocycles. The van der Waals surface area contributed by atoms with E-state index >= 15 is 0 Å². The number of rotatable bonds is 12. The topological polar surface area (TPSA) is 39.7 Å². The van der Waals surface area contributed by atoms with Crippen molar-refractivity contribution in [1.82, 2.24) is 5.32 Å². The molecule has 1 unspecified atom stereocenters. The van der Waals surface area contributed by atoms with Crippen LogP contribution in [0.25, 0.3) is 0 Å². The smallest absolute Gasteiger partial charge is 0.0701 e. The van der Waals surface area contributed by atoms with Crippen LogP contribution in [0, 0.1) is 0 Å². The SMILES string of the molecule is CCCCOCCOCCOCCC1CCCCN1. The van der Waals surface area contributed by atoms with Crippen LogP contribution in [0.2, 0.25) is 0 Å². The summed E-state index contributed by atoms with van der Waals surface area (Å²) < 4.78 is 16.4. The van der Waals surface area contributed by atoms with Crippen LogP contribution < -0.4 is 5.32 Å². The first kappa shape index (κ1) is 16.9. The Kier molecular flexibility index (Phi) is 11.4. The molecule has 0 aliphatic carbocycles. The van der Waals surface area contributed by atoms with Crippen molar-refractivity contribution >= 4 is 0 Å². The molecule has 0 aromatic rings. The maximum absolute atomic E-state index is 5.58. The summed E-state index contributed by atoms with van der Waals surface area (Å²) in [5.74, 6) is 0. The molecule has 1 N–H and O–H groups in total. The second kappa shape index (κ2) is 12.9. The molecule has 1 aliphatic rings. The largest absolute Gasteiger partial charge is 0.379 e. The van der Waals surface area contributed by atoms with Crippen molar-refractivity contribution < 1.29 is 14.2 Å². The lowest BCUT2D eigenvalue weighted by Crippen LogP contribution is -2.34. The van der Waals surface area contributed by atoms with Gasteiger partial charge in [-0.25, -0.2) is 0 Å². The molecule has 0 saturated carbocycles. The summed E-state index contributed by atoms with van der Waals surface area (Å²) >= 11 is 0. The molecule has 0 bridgehead atoms. The highest BCUT2D eigenvalue weighted by atomic mass is 16.5. The molecule has 1 atom stereocenters. The summed E-state index contributed by atoms with van der Waals surface area (Å²) in [6, 6.07) is 0.668. The Morgan fingerprint density at radius 2 is 1.58 bits per heavy atom. The van der Waals surface area contributed by atoms with Crippen LogP contribution in [-0.2, 0) is 14.2 Å².